The molecule has 0 radical (unpaired) electrons. The van der Waals surface area contributed by atoms with Crippen LogP contribution in [0.25, 0.3) is 10.4 Å². The maximum absolute atomic E-state index is 10.2. The molecule has 0 bridgehead atoms. The first-order chi connectivity index (χ1) is 4.00. The molecule has 6 heteroatoms. The lowest BCUT2D eigenvalue weighted by Gasteiger charge is -2.06. The van der Waals surface area contributed by atoms with Gasteiger partial charge in [-0.05, 0) is 17.6 Å². The molecule has 0 aliphatic rings. The maximum Gasteiger partial charge on any atom is 0.277 e. The Balaban J connectivity index is 4.37. The third-order valence-corrected chi connectivity index (χ3v) is 0.967. The van der Waals surface area contributed by atoms with Gasteiger partial charge in [-0.25, -0.2) is 0 Å². The zero-order chi connectivity index (χ0) is 7.49. The van der Waals surface area contributed by atoms with E-state index < -0.39 is 11.0 Å². The number of ketones is 1. The molecule has 0 aromatic heterocycles. The summed E-state index contributed by atoms with van der Waals surface area (Å²) in [5, 5.41) is 8.79. The fourth-order valence-corrected chi connectivity index (χ4v) is 0.163. The number of halogens is 1. The summed E-state index contributed by atoms with van der Waals surface area (Å²) >= 11 is 4.96. The third kappa shape index (κ3) is 2.32. The summed E-state index contributed by atoms with van der Waals surface area (Å²) in [5.41, 5.74) is 7.71. The van der Waals surface area contributed by atoms with Crippen LogP contribution in [-0.2, 0) is 4.79 Å². The highest BCUT2D eigenvalue weighted by Gasteiger charge is 2.27. The molecule has 0 aliphatic carbocycles. The molecule has 0 rings (SSSR count). The summed E-state index contributed by atoms with van der Waals surface area (Å²) in [7, 11) is 0. The van der Waals surface area contributed by atoms with Crippen molar-refractivity contribution in [3.05, 3.63) is 10.4 Å². The van der Waals surface area contributed by atoms with Crippen molar-refractivity contribution in [3.63, 3.8) is 0 Å². The van der Waals surface area contributed by atoms with E-state index in [1.165, 1.54) is 0 Å². The molecule has 1 unspecified atom stereocenters. The van der Waals surface area contributed by atoms with E-state index in [-0.39, 0.29) is 0 Å². The van der Waals surface area contributed by atoms with E-state index in [4.69, 9.17) is 22.2 Å². The number of azide groups is 1. The lowest BCUT2D eigenvalue weighted by Crippen LogP contribution is -2.26. The van der Waals surface area contributed by atoms with Crippen LogP contribution in [0.15, 0.2) is 5.11 Å². The normalized spacial score (nSPS) is 15.4. The van der Waals surface area contributed by atoms with Crippen LogP contribution in [0.3, 0.4) is 0 Å². The molecule has 0 spiro atoms. The Morgan fingerprint density at radius 2 is 2.44 bits per heavy atom. The fourth-order valence-electron chi connectivity index (χ4n) is 0.130. The number of nitrogens with zero attached hydrogens (tertiary/aromatic N) is 3. The van der Waals surface area contributed by atoms with Gasteiger partial charge in [-0.1, -0.05) is 11.6 Å². The number of hydrogen-bond acceptors (Lipinski definition) is 3. The van der Waals surface area contributed by atoms with Crippen molar-refractivity contribution >= 4 is 17.4 Å². The summed E-state index contributed by atoms with van der Waals surface area (Å²) in [5.74, 6) is -0.804. The molecule has 5 nitrogen and oxygen atoms in total. The molecule has 0 fully saturated rings. The van der Waals surface area contributed by atoms with Gasteiger partial charge in [-0.2, -0.15) is 0 Å². The van der Waals surface area contributed by atoms with Crippen LogP contribution in [0.2, 0.25) is 0 Å². The number of hydrogen-bond donors (Lipinski definition) is 1. The van der Waals surface area contributed by atoms with Gasteiger partial charge < -0.3 is 5.11 Å². The lowest BCUT2D eigenvalue weighted by molar-refractivity contribution is -0.127. The van der Waals surface area contributed by atoms with E-state index in [2.05, 4.69) is 10.0 Å². The van der Waals surface area contributed by atoms with Crippen LogP contribution in [0.4, 0.5) is 0 Å². The molecule has 0 heterocycles. The van der Waals surface area contributed by atoms with Crippen molar-refractivity contribution in [1.82, 2.24) is 0 Å². The van der Waals surface area contributed by atoms with E-state index in [0.717, 1.165) is 6.92 Å². The van der Waals surface area contributed by atoms with Gasteiger partial charge in [0.05, 0.1) is 0 Å². The van der Waals surface area contributed by atoms with Crippen molar-refractivity contribution in [2.24, 2.45) is 5.11 Å². The van der Waals surface area contributed by atoms with Gasteiger partial charge in [-0.15, -0.1) is 0 Å². The molecule has 0 aliphatic heterocycles. The molecule has 0 saturated heterocycles. The zero-order valence-electron chi connectivity index (χ0n) is 4.58. The first-order valence-corrected chi connectivity index (χ1v) is 2.37. The van der Waals surface area contributed by atoms with Gasteiger partial charge in [0.15, 0.2) is 5.78 Å². The van der Waals surface area contributed by atoms with Crippen molar-refractivity contribution in [2.45, 2.75) is 12.1 Å². The first kappa shape index (κ1) is 8.23. The summed E-state index contributed by atoms with van der Waals surface area (Å²) in [6.45, 7) is 1.02. The van der Waals surface area contributed by atoms with Gasteiger partial charge in [0, 0.05) is 4.91 Å². The highest BCUT2D eigenvalue weighted by Crippen LogP contribution is 2.13. The maximum atomic E-state index is 10.2. The SMILES string of the molecule is CC(=O)C(O)(Cl)N=[N+]=[N-]. The minimum atomic E-state index is -2.41. The highest BCUT2D eigenvalue weighted by atomic mass is 35.5. The highest BCUT2D eigenvalue weighted by molar-refractivity contribution is 6.33. The summed E-state index contributed by atoms with van der Waals surface area (Å²) in [6, 6.07) is 0. The van der Waals surface area contributed by atoms with E-state index >= 15 is 0 Å². The smallest absolute Gasteiger partial charge is 0.277 e. The second-order valence-electron chi connectivity index (χ2n) is 1.33. The number of rotatable bonds is 2. The predicted molar refractivity (Wildman–Crippen MR) is 30.6 cm³/mol. The minimum absolute atomic E-state index is 0.804. The van der Waals surface area contributed by atoms with E-state index in [1.807, 2.05) is 0 Å². The molecule has 0 aromatic carbocycles. The van der Waals surface area contributed by atoms with Crippen molar-refractivity contribution < 1.29 is 9.90 Å². The molecule has 9 heavy (non-hydrogen) atoms. The summed E-state index contributed by atoms with van der Waals surface area (Å²) < 4.78 is 0. The number of Topliss-reactive ketones (excluding diaryl/α,β-unsaturated/α-hetero) is 1. The molecule has 0 saturated carbocycles. The van der Waals surface area contributed by atoms with Crippen LogP contribution in [-0.4, -0.2) is 16.1 Å². The van der Waals surface area contributed by atoms with Gasteiger partial charge in [0.25, 0.3) is 5.18 Å². The molecule has 50 valence electrons. The first-order valence-electron chi connectivity index (χ1n) is 1.99. The number of aliphatic hydroxyl groups is 1. The summed E-state index contributed by atoms with van der Waals surface area (Å²) in [6.07, 6.45) is 0. The average molecular weight is 150 g/mol. The van der Waals surface area contributed by atoms with Crippen molar-refractivity contribution in [2.75, 3.05) is 0 Å². The second kappa shape index (κ2) is 2.68. The number of carbonyl (C=O) groups excluding carboxylic acids is 1. The quantitative estimate of drug-likeness (QED) is 0.207. The van der Waals surface area contributed by atoms with Gasteiger partial charge in [-0.3, -0.25) is 4.79 Å². The third-order valence-electron chi connectivity index (χ3n) is 0.625. The standard InChI is InChI=1S/C3H4ClN3O2/c1-2(8)3(4,9)6-7-5/h9H,1H3. The lowest BCUT2D eigenvalue weighted by atomic mass is 10.4. The Morgan fingerprint density at radius 3 is 2.56 bits per heavy atom. The topological polar surface area (TPSA) is 86.1 Å². The zero-order valence-corrected chi connectivity index (χ0v) is 5.33. The Labute approximate surface area is 55.9 Å². The van der Waals surface area contributed by atoms with Crippen molar-refractivity contribution in [1.29, 1.82) is 0 Å². The predicted octanol–water partition coefficient (Wildman–Crippen LogP) is 0.771. The van der Waals surface area contributed by atoms with Gasteiger partial charge in [0.2, 0.25) is 0 Å². The molecule has 0 aromatic rings. The van der Waals surface area contributed by atoms with Gasteiger partial charge in [0.1, 0.15) is 0 Å². The van der Waals surface area contributed by atoms with E-state index in [1.54, 1.807) is 0 Å². The van der Waals surface area contributed by atoms with Crippen molar-refractivity contribution in [3.8, 4) is 0 Å². The number of alkyl halides is 1. The molecular formula is C3H4ClN3O2. The molecule has 1 atom stereocenters. The summed E-state index contributed by atoms with van der Waals surface area (Å²) in [4.78, 5) is 12.4. The molecule has 1 N–H and O–H groups in total. The Morgan fingerprint density at radius 1 is 2.00 bits per heavy atom. The van der Waals surface area contributed by atoms with E-state index in [9.17, 15) is 4.79 Å². The Hall–Kier alpha value is -0.770. The van der Waals surface area contributed by atoms with Crippen LogP contribution in [0.1, 0.15) is 6.92 Å². The number of carbonyl (C=O) groups is 1. The average Bonchev–Trinajstić information content (AvgIpc) is 1.65. The van der Waals surface area contributed by atoms with Crippen LogP contribution in [0.5, 0.6) is 0 Å². The van der Waals surface area contributed by atoms with Crippen LogP contribution in [0, 0.1) is 0 Å². The Kier molecular flexibility index (Phi) is 2.45. The largest absolute Gasteiger partial charge is 0.364 e. The molecule has 0 amide bonds. The van der Waals surface area contributed by atoms with Gasteiger partial charge >= 0.3 is 0 Å². The minimum Gasteiger partial charge on any atom is -0.364 e. The monoisotopic (exact) mass is 149 g/mol. The second-order valence-corrected chi connectivity index (χ2v) is 1.86. The Bertz CT molecular complexity index is 168. The molecular weight excluding hydrogens is 146 g/mol. The fraction of sp³-hybridized carbons (Fsp3) is 0.667. The van der Waals surface area contributed by atoms with Crippen LogP contribution < -0.4 is 0 Å². The van der Waals surface area contributed by atoms with Crippen LogP contribution >= 0.6 is 11.6 Å². The van der Waals surface area contributed by atoms with E-state index in [0.29, 0.717) is 0 Å².